The summed E-state index contributed by atoms with van der Waals surface area (Å²) in [7, 11) is 4.73. The number of carbonyl (C=O) groups excluding carboxylic acids is 2. The van der Waals surface area contributed by atoms with Gasteiger partial charge in [0.05, 0.1) is 26.0 Å². The number of amides is 1. The van der Waals surface area contributed by atoms with Crippen molar-refractivity contribution in [1.82, 2.24) is 20.0 Å². The van der Waals surface area contributed by atoms with Gasteiger partial charge in [0.2, 0.25) is 0 Å². The molecule has 3 atom stereocenters. The van der Waals surface area contributed by atoms with Crippen LogP contribution in [0.15, 0.2) is 91.3 Å². The van der Waals surface area contributed by atoms with E-state index < -0.39 is 24.2 Å². The second-order valence-electron chi connectivity index (χ2n) is 14.1. The Morgan fingerprint density at radius 1 is 0.912 bits per heavy atom. The fourth-order valence-corrected chi connectivity index (χ4v) is 8.00. The van der Waals surface area contributed by atoms with Crippen molar-refractivity contribution in [3.63, 3.8) is 0 Å². The summed E-state index contributed by atoms with van der Waals surface area (Å²) in [6.45, 7) is 2.96. The Labute approximate surface area is 340 Å². The number of carbonyl (C=O) groups is 2. The maximum atomic E-state index is 13.7. The number of nitrogens with one attached hydrogen (secondary N) is 1. The number of methoxy groups -OCH3 is 2. The van der Waals surface area contributed by atoms with Gasteiger partial charge in [0, 0.05) is 25.6 Å². The SMILES string of the molecule is COc1ccc([C@H](Cc2c(Cl)c[n+]([O-])cc2Cl)OC(=O)c2cc(COc3cccc([C@@H](NC(=O)O[C@H]4CN5CCC4CC5)c4ccccc4)c3)n(C)n2)cc1OC. The molecule has 3 saturated heterocycles. The summed E-state index contributed by atoms with van der Waals surface area (Å²) in [5.41, 5.74) is 3.35. The third kappa shape index (κ3) is 9.39. The molecule has 2 aromatic heterocycles. The van der Waals surface area contributed by atoms with E-state index in [1.54, 1.807) is 36.0 Å². The lowest BCUT2D eigenvalue weighted by Crippen LogP contribution is -2.52. The van der Waals surface area contributed by atoms with Gasteiger partial charge in [-0.1, -0.05) is 71.7 Å². The van der Waals surface area contributed by atoms with Gasteiger partial charge >= 0.3 is 12.1 Å². The number of pyridine rings is 1. The standard InChI is InChI=1S/C42H43Cl2N5O8/c1-47-30(20-35(46-47)41(50)56-37(21-32-33(43)22-49(52)23-34(32)44)28-12-13-36(53-2)38(19-28)54-3)25-55-31-11-7-10-29(18-31)40(27-8-5-4-6-9-27)45-42(51)57-39-24-48-16-14-26(39)15-17-48/h4-13,18-20,22-23,26,37,39-40H,14-17,21,24-25H2,1-3H3,(H,45,51)/t37-,39-,40-/m0/s1. The summed E-state index contributed by atoms with van der Waals surface area (Å²) in [6, 6.07) is 23.4. The van der Waals surface area contributed by atoms with Crippen molar-refractivity contribution in [2.24, 2.45) is 13.0 Å². The third-order valence-electron chi connectivity index (χ3n) is 10.5. The van der Waals surface area contributed by atoms with Crippen molar-refractivity contribution in [3.8, 4) is 17.2 Å². The van der Waals surface area contributed by atoms with E-state index in [0.29, 0.717) is 44.7 Å². The lowest BCUT2D eigenvalue weighted by Gasteiger charge is -2.43. The van der Waals surface area contributed by atoms with E-state index in [9.17, 15) is 14.8 Å². The highest BCUT2D eigenvalue weighted by Crippen LogP contribution is 2.36. The van der Waals surface area contributed by atoms with Crippen LogP contribution in [0.4, 0.5) is 4.79 Å². The number of nitrogens with zero attached hydrogens (tertiary/aromatic N) is 4. The Hall–Kier alpha value is -5.50. The van der Waals surface area contributed by atoms with Crippen molar-refractivity contribution in [2.45, 2.75) is 44.1 Å². The summed E-state index contributed by atoms with van der Waals surface area (Å²) in [4.78, 5) is 29.4. The molecule has 0 spiro atoms. The molecule has 298 valence electrons. The predicted octanol–water partition coefficient (Wildman–Crippen LogP) is 7.01. The first-order valence-corrected chi connectivity index (χ1v) is 19.3. The van der Waals surface area contributed by atoms with Crippen LogP contribution in [0, 0.1) is 11.1 Å². The molecule has 0 aliphatic carbocycles. The quantitative estimate of drug-likeness (QED) is 0.0708. The van der Waals surface area contributed by atoms with Gasteiger partial charge in [-0.05, 0) is 78.9 Å². The Morgan fingerprint density at radius 3 is 2.32 bits per heavy atom. The summed E-state index contributed by atoms with van der Waals surface area (Å²) < 4.78 is 31.2. The minimum Gasteiger partial charge on any atom is -0.619 e. The number of halogens is 2. The zero-order valence-corrected chi connectivity index (χ0v) is 33.2. The molecule has 0 unspecified atom stereocenters. The number of rotatable bonds is 14. The zero-order chi connectivity index (χ0) is 40.1. The number of alkyl carbamates (subject to hydrolysis) is 1. The first kappa shape index (κ1) is 39.7. The van der Waals surface area contributed by atoms with Crippen LogP contribution in [-0.2, 0) is 29.5 Å². The number of hydrogen-bond donors (Lipinski definition) is 1. The fraction of sp³-hybridized carbons (Fsp3) is 0.333. The first-order chi connectivity index (χ1) is 27.6. The molecule has 8 rings (SSSR count). The van der Waals surface area contributed by atoms with Crippen LogP contribution in [0.5, 0.6) is 17.2 Å². The number of piperidine rings is 3. The van der Waals surface area contributed by atoms with E-state index in [-0.39, 0.29) is 34.9 Å². The molecular weight excluding hydrogens is 773 g/mol. The average molecular weight is 817 g/mol. The monoisotopic (exact) mass is 815 g/mol. The van der Waals surface area contributed by atoms with Crippen LogP contribution in [0.3, 0.4) is 0 Å². The van der Waals surface area contributed by atoms with Crippen molar-refractivity contribution in [3.05, 3.63) is 140 Å². The topological polar surface area (TPSA) is 140 Å². The number of aromatic nitrogens is 3. The summed E-state index contributed by atoms with van der Waals surface area (Å²) >= 11 is 12.8. The molecule has 0 radical (unpaired) electrons. The van der Waals surface area contributed by atoms with Gasteiger partial charge in [-0.15, -0.1) is 0 Å². The van der Waals surface area contributed by atoms with Crippen LogP contribution >= 0.6 is 23.2 Å². The summed E-state index contributed by atoms with van der Waals surface area (Å²) in [5, 5.41) is 19.7. The minimum absolute atomic E-state index is 0.0489. The maximum Gasteiger partial charge on any atom is 0.408 e. The highest BCUT2D eigenvalue weighted by molar-refractivity contribution is 6.35. The Kier molecular flexibility index (Phi) is 12.4. The van der Waals surface area contributed by atoms with Crippen molar-refractivity contribution >= 4 is 35.3 Å². The van der Waals surface area contributed by atoms with E-state index in [0.717, 1.165) is 43.6 Å². The number of esters is 1. The van der Waals surface area contributed by atoms with Crippen molar-refractivity contribution in [2.75, 3.05) is 33.9 Å². The van der Waals surface area contributed by atoms with Gasteiger partial charge in [0.1, 0.15) is 34.6 Å². The van der Waals surface area contributed by atoms with Crippen LogP contribution in [0.1, 0.15) is 63.4 Å². The van der Waals surface area contributed by atoms with Gasteiger partial charge in [0.15, 0.2) is 29.6 Å². The Bertz CT molecular complexity index is 2190. The minimum atomic E-state index is -0.904. The molecule has 3 aliphatic rings. The van der Waals surface area contributed by atoms with E-state index in [2.05, 4.69) is 15.3 Å². The number of fused-ring (bicyclic) bond motifs is 3. The second-order valence-corrected chi connectivity index (χ2v) is 14.9. The number of ether oxygens (including phenoxy) is 5. The van der Waals surface area contributed by atoms with Gasteiger partial charge < -0.3 is 34.2 Å². The largest absolute Gasteiger partial charge is 0.619 e. The number of aryl methyl sites for hydroxylation is 1. The van der Waals surface area contributed by atoms with Gasteiger partial charge in [-0.25, -0.2) is 9.59 Å². The molecule has 3 aromatic carbocycles. The molecule has 1 N–H and O–H groups in total. The van der Waals surface area contributed by atoms with Crippen LogP contribution in [-0.4, -0.2) is 66.7 Å². The normalized spacial score (nSPS) is 18.3. The molecule has 3 fully saturated rings. The number of hydrogen-bond acceptors (Lipinski definition) is 10. The molecule has 5 heterocycles. The molecule has 2 bridgehead atoms. The molecule has 3 aliphatic heterocycles. The molecule has 13 nitrogen and oxygen atoms in total. The molecule has 57 heavy (non-hydrogen) atoms. The smallest absolute Gasteiger partial charge is 0.408 e. The summed E-state index contributed by atoms with van der Waals surface area (Å²) in [5.74, 6) is 1.15. The highest BCUT2D eigenvalue weighted by atomic mass is 35.5. The Balaban J connectivity index is 1.06. The van der Waals surface area contributed by atoms with Crippen LogP contribution in [0.2, 0.25) is 10.0 Å². The third-order valence-corrected chi connectivity index (χ3v) is 11.1. The second kappa shape index (κ2) is 17.7. The van der Waals surface area contributed by atoms with E-state index in [4.69, 9.17) is 46.9 Å². The maximum absolute atomic E-state index is 13.7. The fourth-order valence-electron chi connectivity index (χ4n) is 7.40. The molecule has 5 aromatic rings. The summed E-state index contributed by atoms with van der Waals surface area (Å²) in [6.07, 6.45) is 3.02. The van der Waals surface area contributed by atoms with E-state index in [1.807, 2.05) is 54.6 Å². The molecule has 1 amide bonds. The highest BCUT2D eigenvalue weighted by Gasteiger charge is 2.37. The predicted molar refractivity (Wildman–Crippen MR) is 212 cm³/mol. The Morgan fingerprint density at radius 2 is 1.63 bits per heavy atom. The van der Waals surface area contributed by atoms with E-state index >= 15 is 0 Å². The van der Waals surface area contributed by atoms with Crippen molar-refractivity contribution < 1.29 is 38.0 Å². The number of benzene rings is 3. The van der Waals surface area contributed by atoms with Gasteiger partial charge in [-0.3, -0.25) is 9.58 Å². The molecule has 0 saturated carbocycles. The van der Waals surface area contributed by atoms with Crippen LogP contribution in [0.25, 0.3) is 0 Å². The first-order valence-electron chi connectivity index (χ1n) is 18.6. The lowest BCUT2D eigenvalue weighted by atomic mass is 9.86. The average Bonchev–Trinajstić information content (AvgIpc) is 3.60. The zero-order valence-electron chi connectivity index (χ0n) is 31.7. The van der Waals surface area contributed by atoms with Gasteiger partial charge in [-0.2, -0.15) is 9.83 Å². The van der Waals surface area contributed by atoms with Crippen molar-refractivity contribution in [1.29, 1.82) is 0 Å². The lowest BCUT2D eigenvalue weighted by molar-refractivity contribution is -0.605. The van der Waals surface area contributed by atoms with Gasteiger partial charge in [0.25, 0.3) is 0 Å². The van der Waals surface area contributed by atoms with Crippen LogP contribution < -0.4 is 24.3 Å². The van der Waals surface area contributed by atoms with E-state index in [1.165, 1.54) is 26.6 Å². The molecule has 15 heteroatoms. The molecular formula is C42H43Cl2N5O8.